The number of rotatable bonds is 3. The van der Waals surface area contributed by atoms with E-state index in [1.165, 1.54) is 0 Å². The maximum atomic E-state index is 6.10. The number of nitrogens with zero attached hydrogens (tertiary/aromatic N) is 1. The molecule has 1 aliphatic rings. The van der Waals surface area contributed by atoms with Crippen LogP contribution in [0.4, 0.5) is 11.4 Å². The van der Waals surface area contributed by atoms with Crippen molar-refractivity contribution in [2.24, 2.45) is 0 Å². The van der Waals surface area contributed by atoms with E-state index < -0.39 is 0 Å². The van der Waals surface area contributed by atoms with E-state index in [0.717, 1.165) is 48.9 Å². The highest BCUT2D eigenvalue weighted by molar-refractivity contribution is 5.84. The zero-order valence-corrected chi connectivity index (χ0v) is 12.2. The molecule has 0 bridgehead atoms. The normalized spacial score (nSPS) is 15.0. The summed E-state index contributed by atoms with van der Waals surface area (Å²) in [5.41, 5.74) is 10.2. The number of anilines is 2. The van der Waals surface area contributed by atoms with Gasteiger partial charge in [0.15, 0.2) is 0 Å². The van der Waals surface area contributed by atoms with Gasteiger partial charge >= 0.3 is 0 Å². The predicted molar refractivity (Wildman–Crippen MR) is 85.9 cm³/mol. The number of hydrogen-bond acceptors (Lipinski definition) is 4. The summed E-state index contributed by atoms with van der Waals surface area (Å²) < 4.78 is 10.8. The lowest BCUT2D eigenvalue weighted by Crippen LogP contribution is -2.36. The fraction of sp³-hybridized carbons (Fsp3) is 0.294. The Morgan fingerprint density at radius 2 is 1.81 bits per heavy atom. The van der Waals surface area contributed by atoms with Crippen molar-refractivity contribution >= 4 is 11.4 Å². The smallest absolute Gasteiger partial charge is 0.143 e. The molecule has 4 nitrogen and oxygen atoms in total. The van der Waals surface area contributed by atoms with Crippen molar-refractivity contribution in [2.75, 3.05) is 44.0 Å². The molecule has 3 rings (SSSR count). The van der Waals surface area contributed by atoms with Crippen molar-refractivity contribution in [3.63, 3.8) is 0 Å². The van der Waals surface area contributed by atoms with Crippen LogP contribution in [0.25, 0.3) is 11.1 Å². The third kappa shape index (κ3) is 2.81. The molecule has 0 spiro atoms. The van der Waals surface area contributed by atoms with Gasteiger partial charge in [-0.3, -0.25) is 0 Å². The minimum atomic E-state index is 0.661. The first kappa shape index (κ1) is 13.8. The molecule has 4 heteroatoms. The Kier molecular flexibility index (Phi) is 3.97. The number of hydrogen-bond donors (Lipinski definition) is 1. The summed E-state index contributed by atoms with van der Waals surface area (Å²) in [4.78, 5) is 2.33. The maximum Gasteiger partial charge on any atom is 0.143 e. The van der Waals surface area contributed by atoms with Crippen LogP contribution < -0.4 is 15.4 Å². The van der Waals surface area contributed by atoms with E-state index >= 15 is 0 Å². The van der Waals surface area contributed by atoms with Gasteiger partial charge in [-0.25, -0.2) is 0 Å². The summed E-state index contributed by atoms with van der Waals surface area (Å²) in [7, 11) is 1.65. The van der Waals surface area contributed by atoms with Gasteiger partial charge in [0.05, 0.1) is 26.0 Å². The van der Waals surface area contributed by atoms with Crippen LogP contribution in [0, 0.1) is 0 Å². The van der Waals surface area contributed by atoms with E-state index in [0.29, 0.717) is 5.69 Å². The lowest BCUT2D eigenvalue weighted by molar-refractivity contribution is 0.122. The lowest BCUT2D eigenvalue weighted by Gasteiger charge is -2.31. The average molecular weight is 284 g/mol. The maximum absolute atomic E-state index is 6.10. The summed E-state index contributed by atoms with van der Waals surface area (Å²) in [6.07, 6.45) is 0. The molecule has 0 amide bonds. The van der Waals surface area contributed by atoms with Crippen molar-refractivity contribution in [3.8, 4) is 16.9 Å². The molecule has 2 aromatic rings. The number of methoxy groups -OCH3 is 1. The van der Waals surface area contributed by atoms with Crippen molar-refractivity contribution in [1.29, 1.82) is 0 Å². The number of ether oxygens (including phenoxy) is 2. The second-order valence-electron chi connectivity index (χ2n) is 5.08. The standard InChI is InChI=1S/C17H20N2O2/c1-20-17-12-16(19-7-9-21-10-8-19)14(11-15(17)18)13-5-3-2-4-6-13/h2-6,11-12H,7-10,18H2,1H3. The van der Waals surface area contributed by atoms with Gasteiger partial charge < -0.3 is 20.1 Å². The first-order chi connectivity index (χ1) is 10.3. The van der Waals surface area contributed by atoms with Gasteiger partial charge in [-0.2, -0.15) is 0 Å². The average Bonchev–Trinajstić information content (AvgIpc) is 2.56. The molecule has 0 radical (unpaired) electrons. The van der Waals surface area contributed by atoms with Crippen LogP contribution in [0.15, 0.2) is 42.5 Å². The van der Waals surface area contributed by atoms with Crippen molar-refractivity contribution in [1.82, 2.24) is 0 Å². The molecule has 1 heterocycles. The van der Waals surface area contributed by atoms with Crippen molar-refractivity contribution in [2.45, 2.75) is 0 Å². The van der Waals surface area contributed by atoms with Gasteiger partial charge in [0.2, 0.25) is 0 Å². The molecular formula is C17H20N2O2. The molecule has 2 aromatic carbocycles. The number of benzene rings is 2. The van der Waals surface area contributed by atoms with Crippen LogP contribution in [0.5, 0.6) is 5.75 Å². The Morgan fingerprint density at radius 1 is 1.10 bits per heavy atom. The highest BCUT2D eigenvalue weighted by Crippen LogP contribution is 2.38. The van der Waals surface area contributed by atoms with E-state index in [4.69, 9.17) is 15.2 Å². The van der Waals surface area contributed by atoms with Gasteiger partial charge in [-0.1, -0.05) is 30.3 Å². The Bertz CT molecular complexity index is 608. The van der Waals surface area contributed by atoms with Crippen LogP contribution in [-0.2, 0) is 4.74 Å². The highest BCUT2D eigenvalue weighted by Gasteiger charge is 2.18. The molecule has 21 heavy (non-hydrogen) atoms. The van der Waals surface area contributed by atoms with Crippen LogP contribution in [0.1, 0.15) is 0 Å². The first-order valence-corrected chi connectivity index (χ1v) is 7.15. The monoisotopic (exact) mass is 284 g/mol. The molecule has 1 aliphatic heterocycles. The fourth-order valence-corrected chi connectivity index (χ4v) is 2.68. The van der Waals surface area contributed by atoms with Crippen LogP contribution in [-0.4, -0.2) is 33.4 Å². The highest BCUT2D eigenvalue weighted by atomic mass is 16.5. The minimum absolute atomic E-state index is 0.661. The summed E-state index contributed by atoms with van der Waals surface area (Å²) in [6, 6.07) is 14.3. The van der Waals surface area contributed by atoms with Crippen LogP contribution >= 0.6 is 0 Å². The molecule has 0 aliphatic carbocycles. The van der Waals surface area contributed by atoms with Gasteiger partial charge in [0.1, 0.15) is 5.75 Å². The molecule has 110 valence electrons. The van der Waals surface area contributed by atoms with Crippen molar-refractivity contribution < 1.29 is 9.47 Å². The van der Waals surface area contributed by atoms with Gasteiger partial charge in [-0.15, -0.1) is 0 Å². The molecule has 1 fully saturated rings. The first-order valence-electron chi connectivity index (χ1n) is 7.15. The SMILES string of the molecule is COc1cc(N2CCOCC2)c(-c2ccccc2)cc1N. The topological polar surface area (TPSA) is 47.7 Å². The predicted octanol–water partition coefficient (Wildman–Crippen LogP) is 2.78. The number of nitrogens with two attached hydrogens (primary N) is 1. The molecular weight excluding hydrogens is 264 g/mol. The Hall–Kier alpha value is -2.20. The lowest BCUT2D eigenvalue weighted by atomic mass is 10.0. The van der Waals surface area contributed by atoms with Gasteiger partial charge in [0.25, 0.3) is 0 Å². The molecule has 0 aromatic heterocycles. The zero-order valence-electron chi connectivity index (χ0n) is 12.2. The van der Waals surface area contributed by atoms with E-state index in [2.05, 4.69) is 17.0 Å². The van der Waals surface area contributed by atoms with Gasteiger partial charge in [0, 0.05) is 30.4 Å². The second-order valence-corrected chi connectivity index (χ2v) is 5.08. The Balaban J connectivity index is 2.10. The Labute approximate surface area is 125 Å². The molecule has 1 saturated heterocycles. The summed E-state index contributed by atoms with van der Waals surface area (Å²) >= 11 is 0. The number of nitrogen functional groups attached to an aromatic ring is 1. The van der Waals surface area contributed by atoms with Gasteiger partial charge in [-0.05, 0) is 11.6 Å². The molecule has 0 saturated carbocycles. The third-order valence-corrected chi connectivity index (χ3v) is 3.78. The van der Waals surface area contributed by atoms with E-state index in [1.54, 1.807) is 7.11 Å². The molecule has 0 unspecified atom stereocenters. The minimum Gasteiger partial charge on any atom is -0.495 e. The molecule has 2 N–H and O–H groups in total. The fourth-order valence-electron chi connectivity index (χ4n) is 2.68. The summed E-state index contributed by atoms with van der Waals surface area (Å²) in [5, 5.41) is 0. The summed E-state index contributed by atoms with van der Waals surface area (Å²) in [5.74, 6) is 0.719. The largest absolute Gasteiger partial charge is 0.495 e. The van der Waals surface area contributed by atoms with E-state index in [1.807, 2.05) is 30.3 Å². The van der Waals surface area contributed by atoms with Crippen LogP contribution in [0.2, 0.25) is 0 Å². The van der Waals surface area contributed by atoms with Crippen molar-refractivity contribution in [3.05, 3.63) is 42.5 Å². The summed E-state index contributed by atoms with van der Waals surface area (Å²) in [6.45, 7) is 3.27. The van der Waals surface area contributed by atoms with E-state index in [-0.39, 0.29) is 0 Å². The van der Waals surface area contributed by atoms with Crippen LogP contribution in [0.3, 0.4) is 0 Å². The zero-order chi connectivity index (χ0) is 14.7. The Morgan fingerprint density at radius 3 is 2.48 bits per heavy atom. The third-order valence-electron chi connectivity index (χ3n) is 3.78. The quantitative estimate of drug-likeness (QED) is 0.880. The second kappa shape index (κ2) is 6.06. The number of morpholine rings is 1. The van der Waals surface area contributed by atoms with E-state index in [9.17, 15) is 0 Å². The molecule has 0 atom stereocenters.